The van der Waals surface area contributed by atoms with Crippen molar-refractivity contribution in [2.24, 2.45) is 5.10 Å². The molecule has 2 aromatic carbocycles. The van der Waals surface area contributed by atoms with E-state index in [-0.39, 0.29) is 18.0 Å². The zero-order valence-electron chi connectivity index (χ0n) is 12.9. The highest BCUT2D eigenvalue weighted by Gasteiger charge is 2.06. The van der Waals surface area contributed by atoms with Crippen molar-refractivity contribution >= 4 is 17.8 Å². The molecule has 0 saturated carbocycles. The van der Waals surface area contributed by atoms with Crippen LogP contribution in [0.3, 0.4) is 0 Å². The van der Waals surface area contributed by atoms with E-state index in [4.69, 9.17) is 0 Å². The second kappa shape index (κ2) is 7.31. The molecule has 0 bridgehead atoms. The van der Waals surface area contributed by atoms with Gasteiger partial charge in [0.25, 0.3) is 5.69 Å². The normalized spacial score (nSPS) is 10.7. The number of hydrogen-bond acceptors (Lipinski definition) is 4. The van der Waals surface area contributed by atoms with Crippen molar-refractivity contribution in [3.63, 3.8) is 0 Å². The fraction of sp³-hybridized carbons (Fsp3) is 0.176. The van der Waals surface area contributed by atoms with Crippen LogP contribution in [-0.4, -0.2) is 17.0 Å². The van der Waals surface area contributed by atoms with Crippen molar-refractivity contribution in [2.75, 3.05) is 0 Å². The van der Waals surface area contributed by atoms with E-state index in [2.05, 4.69) is 10.5 Å². The fourth-order valence-electron chi connectivity index (χ4n) is 2.15. The van der Waals surface area contributed by atoms with Crippen molar-refractivity contribution in [3.8, 4) is 0 Å². The number of rotatable bonds is 5. The van der Waals surface area contributed by atoms with E-state index in [1.165, 1.54) is 18.3 Å². The molecule has 0 aliphatic carbocycles. The van der Waals surface area contributed by atoms with Gasteiger partial charge in [0, 0.05) is 17.7 Å². The number of hydrazone groups is 1. The van der Waals surface area contributed by atoms with Crippen LogP contribution in [-0.2, 0) is 11.2 Å². The first-order chi connectivity index (χ1) is 11.0. The molecule has 0 fully saturated rings. The Bertz CT molecular complexity index is 769. The van der Waals surface area contributed by atoms with E-state index in [1.54, 1.807) is 12.1 Å². The fourth-order valence-corrected chi connectivity index (χ4v) is 2.15. The molecule has 0 spiro atoms. The van der Waals surface area contributed by atoms with E-state index < -0.39 is 4.92 Å². The van der Waals surface area contributed by atoms with Crippen LogP contribution in [0, 0.1) is 24.0 Å². The van der Waals surface area contributed by atoms with Crippen molar-refractivity contribution in [3.05, 3.63) is 74.8 Å². The Morgan fingerprint density at radius 1 is 1.26 bits per heavy atom. The number of carbonyl (C=O) groups excluding carboxylic acids is 1. The number of nitrogens with one attached hydrogen (secondary N) is 1. The SMILES string of the molecule is Cc1ccc(CC(=O)N/N=C/c2cccc([N+](=O)[O-])c2)c(C)c1. The Balaban J connectivity index is 1.96. The van der Waals surface area contributed by atoms with Gasteiger partial charge in [-0.1, -0.05) is 35.9 Å². The predicted molar refractivity (Wildman–Crippen MR) is 88.5 cm³/mol. The Morgan fingerprint density at radius 3 is 2.74 bits per heavy atom. The molecule has 118 valence electrons. The standard InChI is InChI=1S/C17H17N3O3/c1-12-6-7-15(13(2)8-12)10-17(21)19-18-11-14-4-3-5-16(9-14)20(22)23/h3-9,11H,10H2,1-2H3,(H,19,21)/b18-11+. The van der Waals surface area contributed by atoms with Gasteiger partial charge in [-0.15, -0.1) is 0 Å². The van der Waals surface area contributed by atoms with E-state index in [9.17, 15) is 14.9 Å². The molecule has 0 atom stereocenters. The monoisotopic (exact) mass is 311 g/mol. The molecule has 6 heteroatoms. The number of hydrogen-bond donors (Lipinski definition) is 1. The topological polar surface area (TPSA) is 84.6 Å². The third-order valence-electron chi connectivity index (χ3n) is 3.33. The number of nitro groups is 1. The number of aryl methyl sites for hydroxylation is 2. The van der Waals surface area contributed by atoms with Crippen LogP contribution in [0.15, 0.2) is 47.6 Å². The Kier molecular flexibility index (Phi) is 5.19. The van der Waals surface area contributed by atoms with Crippen molar-refractivity contribution in [1.29, 1.82) is 0 Å². The highest BCUT2D eigenvalue weighted by molar-refractivity contribution is 5.84. The largest absolute Gasteiger partial charge is 0.273 e. The highest BCUT2D eigenvalue weighted by atomic mass is 16.6. The summed E-state index contributed by atoms with van der Waals surface area (Å²) in [5, 5.41) is 14.5. The Morgan fingerprint density at radius 2 is 2.04 bits per heavy atom. The van der Waals surface area contributed by atoms with E-state index >= 15 is 0 Å². The van der Waals surface area contributed by atoms with E-state index in [1.807, 2.05) is 32.0 Å². The number of benzene rings is 2. The lowest BCUT2D eigenvalue weighted by atomic mass is 10.0. The van der Waals surface area contributed by atoms with Gasteiger partial charge in [0.05, 0.1) is 17.6 Å². The Hall–Kier alpha value is -3.02. The predicted octanol–water partition coefficient (Wildman–Crippen LogP) is 2.90. The molecule has 0 heterocycles. The third kappa shape index (κ3) is 4.74. The number of carbonyl (C=O) groups is 1. The summed E-state index contributed by atoms with van der Waals surface area (Å²) in [4.78, 5) is 22.1. The van der Waals surface area contributed by atoms with Gasteiger partial charge >= 0.3 is 0 Å². The zero-order valence-corrected chi connectivity index (χ0v) is 12.9. The van der Waals surface area contributed by atoms with Gasteiger partial charge in [0.2, 0.25) is 5.91 Å². The first-order valence-corrected chi connectivity index (χ1v) is 7.08. The van der Waals surface area contributed by atoms with Crippen molar-refractivity contribution < 1.29 is 9.72 Å². The highest BCUT2D eigenvalue weighted by Crippen LogP contribution is 2.12. The number of nitrogens with zero attached hydrogens (tertiary/aromatic N) is 2. The molecule has 0 unspecified atom stereocenters. The molecular formula is C17H17N3O3. The summed E-state index contributed by atoms with van der Waals surface area (Å²) in [6.45, 7) is 3.96. The molecule has 0 aromatic heterocycles. The molecule has 0 saturated heterocycles. The second-order valence-electron chi connectivity index (χ2n) is 5.25. The van der Waals surface area contributed by atoms with Crippen LogP contribution in [0.25, 0.3) is 0 Å². The summed E-state index contributed by atoms with van der Waals surface area (Å²) in [6, 6.07) is 11.9. The minimum Gasteiger partial charge on any atom is -0.273 e. The maximum absolute atomic E-state index is 11.9. The molecule has 0 aliphatic rings. The van der Waals surface area contributed by atoms with Gasteiger partial charge in [-0.05, 0) is 25.0 Å². The number of non-ortho nitro benzene ring substituents is 1. The first-order valence-electron chi connectivity index (χ1n) is 7.08. The van der Waals surface area contributed by atoms with Crippen LogP contribution in [0.4, 0.5) is 5.69 Å². The molecule has 2 rings (SSSR count). The molecular weight excluding hydrogens is 294 g/mol. The van der Waals surface area contributed by atoms with Gasteiger partial charge in [-0.3, -0.25) is 14.9 Å². The first kappa shape index (κ1) is 16.4. The quantitative estimate of drug-likeness (QED) is 0.523. The van der Waals surface area contributed by atoms with Gasteiger partial charge in [0.1, 0.15) is 0 Å². The summed E-state index contributed by atoms with van der Waals surface area (Å²) in [6.07, 6.45) is 1.62. The lowest BCUT2D eigenvalue weighted by Crippen LogP contribution is -2.20. The van der Waals surface area contributed by atoms with E-state index in [0.717, 1.165) is 16.7 Å². The maximum atomic E-state index is 11.9. The number of amides is 1. The molecule has 1 N–H and O–H groups in total. The number of nitro benzene ring substituents is 1. The lowest BCUT2D eigenvalue weighted by molar-refractivity contribution is -0.384. The van der Waals surface area contributed by atoms with Crippen molar-refractivity contribution in [1.82, 2.24) is 5.43 Å². The summed E-state index contributed by atoms with van der Waals surface area (Å²) in [5.74, 6) is -0.237. The average Bonchev–Trinajstić information content (AvgIpc) is 2.50. The summed E-state index contributed by atoms with van der Waals surface area (Å²) >= 11 is 0. The second-order valence-corrected chi connectivity index (χ2v) is 5.25. The van der Waals surface area contributed by atoms with Crippen LogP contribution in [0.5, 0.6) is 0 Å². The zero-order chi connectivity index (χ0) is 16.8. The smallest absolute Gasteiger partial charge is 0.270 e. The van der Waals surface area contributed by atoms with Gasteiger partial charge in [-0.2, -0.15) is 5.10 Å². The molecule has 23 heavy (non-hydrogen) atoms. The van der Waals surface area contributed by atoms with Gasteiger partial charge < -0.3 is 0 Å². The summed E-state index contributed by atoms with van der Waals surface area (Å²) < 4.78 is 0. The molecule has 2 aromatic rings. The van der Waals surface area contributed by atoms with Crippen LogP contribution in [0.2, 0.25) is 0 Å². The summed E-state index contributed by atoms with van der Waals surface area (Å²) in [5.41, 5.74) is 6.11. The summed E-state index contributed by atoms with van der Waals surface area (Å²) in [7, 11) is 0. The third-order valence-corrected chi connectivity index (χ3v) is 3.33. The van der Waals surface area contributed by atoms with Crippen molar-refractivity contribution in [2.45, 2.75) is 20.3 Å². The maximum Gasteiger partial charge on any atom is 0.270 e. The van der Waals surface area contributed by atoms with Crippen LogP contribution >= 0.6 is 0 Å². The molecule has 6 nitrogen and oxygen atoms in total. The van der Waals surface area contributed by atoms with E-state index in [0.29, 0.717) is 5.56 Å². The minimum absolute atomic E-state index is 0.0180. The van der Waals surface area contributed by atoms with Gasteiger partial charge in [0.15, 0.2) is 0 Å². The minimum atomic E-state index is -0.476. The average molecular weight is 311 g/mol. The lowest BCUT2D eigenvalue weighted by Gasteiger charge is -2.05. The molecule has 1 amide bonds. The van der Waals surface area contributed by atoms with Crippen LogP contribution in [0.1, 0.15) is 22.3 Å². The Labute approximate surface area is 134 Å². The van der Waals surface area contributed by atoms with Gasteiger partial charge in [-0.25, -0.2) is 5.43 Å². The molecule has 0 aliphatic heterocycles. The molecule has 0 radical (unpaired) electrons. The van der Waals surface area contributed by atoms with Crippen LogP contribution < -0.4 is 5.43 Å².